The van der Waals surface area contributed by atoms with Crippen LogP contribution in [0.2, 0.25) is 0 Å². The molecule has 2 aliphatic heterocycles. The van der Waals surface area contributed by atoms with Gasteiger partial charge in [-0.1, -0.05) is 18.6 Å². The van der Waals surface area contributed by atoms with Crippen LogP contribution in [0.5, 0.6) is 0 Å². The highest BCUT2D eigenvalue weighted by Gasteiger charge is 2.45. The summed E-state index contributed by atoms with van der Waals surface area (Å²) in [4.78, 5) is 26.2. The number of piperidine rings is 1. The van der Waals surface area contributed by atoms with Gasteiger partial charge in [-0.25, -0.2) is 9.40 Å². The van der Waals surface area contributed by atoms with E-state index >= 15 is 0 Å². The molecule has 1 aromatic heterocycles. The molecule has 0 aliphatic carbocycles. The molecule has 7 nitrogen and oxygen atoms in total. The Morgan fingerprint density at radius 2 is 2.03 bits per heavy atom. The normalized spacial score (nSPS) is 19.6. The number of fused-ring (bicyclic) bond motifs is 1. The summed E-state index contributed by atoms with van der Waals surface area (Å²) in [6.45, 7) is 1.63. The molecule has 2 amide bonds. The second kappa shape index (κ2) is 8.54. The Bertz CT molecular complexity index is 1130. The maximum atomic E-state index is 13.7. The summed E-state index contributed by atoms with van der Waals surface area (Å²) in [6.07, 6.45) is -2.97. The minimum Gasteiger partial charge on any atom is -0.510 e. The molecule has 2 aliphatic rings. The quantitative estimate of drug-likeness (QED) is 0.517. The van der Waals surface area contributed by atoms with Gasteiger partial charge in [-0.2, -0.15) is 13.2 Å². The van der Waals surface area contributed by atoms with E-state index in [0.29, 0.717) is 18.5 Å². The van der Waals surface area contributed by atoms with Crippen LogP contribution in [0.25, 0.3) is 0 Å². The third kappa shape index (κ3) is 4.45. The Hall–Kier alpha value is -3.34. The highest BCUT2D eigenvalue weighted by Crippen LogP contribution is 2.38. The van der Waals surface area contributed by atoms with E-state index in [4.69, 9.17) is 0 Å². The summed E-state index contributed by atoms with van der Waals surface area (Å²) >= 11 is 0. The van der Waals surface area contributed by atoms with E-state index in [1.54, 1.807) is 11.1 Å². The van der Waals surface area contributed by atoms with E-state index in [9.17, 15) is 32.3 Å². The summed E-state index contributed by atoms with van der Waals surface area (Å²) in [6, 6.07) is 5.88. The van der Waals surface area contributed by atoms with Crippen molar-refractivity contribution in [3.05, 3.63) is 64.6 Å². The second-order valence-electron chi connectivity index (χ2n) is 7.98. The Kier molecular flexibility index (Phi) is 5.91. The van der Waals surface area contributed by atoms with Gasteiger partial charge in [-0.15, -0.1) is 0 Å². The van der Waals surface area contributed by atoms with Crippen molar-refractivity contribution in [2.45, 2.75) is 44.9 Å². The lowest BCUT2D eigenvalue weighted by Crippen LogP contribution is -2.59. The maximum absolute atomic E-state index is 13.7. The summed E-state index contributed by atoms with van der Waals surface area (Å²) in [7, 11) is 0. The Morgan fingerprint density at radius 3 is 2.73 bits per heavy atom. The third-order valence-electron chi connectivity index (χ3n) is 5.61. The Morgan fingerprint density at radius 1 is 1.27 bits per heavy atom. The number of benzene rings is 1. The van der Waals surface area contributed by atoms with Crippen molar-refractivity contribution in [1.29, 1.82) is 0 Å². The largest absolute Gasteiger partial charge is 0.510 e. The third-order valence-corrected chi connectivity index (χ3v) is 5.61. The van der Waals surface area contributed by atoms with Gasteiger partial charge in [-0.05, 0) is 37.5 Å². The van der Waals surface area contributed by atoms with E-state index in [1.807, 2.05) is 0 Å². The molecule has 0 unspecified atom stereocenters. The number of hydrogen-bond acceptors (Lipinski definition) is 5. The fourth-order valence-electron chi connectivity index (χ4n) is 4.19. The Balaban J connectivity index is 1.68. The number of aliphatic hydroxyl groups is 1. The van der Waals surface area contributed by atoms with Crippen LogP contribution in [0.4, 0.5) is 23.2 Å². The zero-order chi connectivity index (χ0) is 23.9. The van der Waals surface area contributed by atoms with Crippen LogP contribution < -0.4 is 5.32 Å². The highest BCUT2D eigenvalue weighted by atomic mass is 19.4. The minimum absolute atomic E-state index is 0.0736. The first kappa shape index (κ1) is 22.8. The van der Waals surface area contributed by atoms with Crippen molar-refractivity contribution in [1.82, 2.24) is 10.0 Å². The number of alkyl halides is 3. The number of carbonyl (C=O) groups is 2. The van der Waals surface area contributed by atoms with Crippen molar-refractivity contribution in [2.75, 3.05) is 11.9 Å². The molecule has 1 aromatic carbocycles. The lowest BCUT2D eigenvalue weighted by Gasteiger charge is -2.46. The first-order valence-electron chi connectivity index (χ1n) is 10.3. The molecule has 1 fully saturated rings. The van der Waals surface area contributed by atoms with Crippen LogP contribution in [0, 0.1) is 12.7 Å². The number of rotatable bonds is 4. The van der Waals surface area contributed by atoms with Gasteiger partial charge in [-0.3, -0.25) is 14.6 Å². The predicted octanol–water partition coefficient (Wildman–Crippen LogP) is 4.31. The maximum Gasteiger partial charge on any atom is 0.451 e. The van der Waals surface area contributed by atoms with Gasteiger partial charge in [0.15, 0.2) is 0 Å². The molecule has 0 bridgehead atoms. The van der Waals surface area contributed by atoms with E-state index in [-0.39, 0.29) is 12.3 Å². The van der Waals surface area contributed by atoms with Crippen LogP contribution in [-0.4, -0.2) is 39.5 Å². The standard InChI is InChI=1S/C22H21F4N3O4/c1-12-9-15(19(33-12)22(24,25)26)27-20(31)17-18(30)16-7-2-3-8-28(16)29(21(17)32)11-13-5-4-6-14(23)10-13/h4-6,9-10,16,30H,2-3,7-8,11H2,1H3,(H,27,31)/t16-/m0/s1. The summed E-state index contributed by atoms with van der Waals surface area (Å²) in [5.41, 5.74) is -0.846. The molecule has 33 heavy (non-hydrogen) atoms. The zero-order valence-corrected chi connectivity index (χ0v) is 17.6. The molecule has 2 aromatic rings. The molecule has 2 N–H and O–H groups in total. The monoisotopic (exact) mass is 467 g/mol. The molecule has 1 atom stereocenters. The van der Waals surface area contributed by atoms with Gasteiger partial charge in [0.25, 0.3) is 11.8 Å². The number of aliphatic hydroxyl groups excluding tert-OH is 1. The number of carbonyl (C=O) groups excluding carboxylic acids is 2. The SMILES string of the molecule is Cc1cc(NC(=O)C2=C(O)[C@@H]3CCCCN3N(Cc3cccc(F)c3)C2=O)c(C(F)(F)F)o1. The number of amides is 2. The van der Waals surface area contributed by atoms with E-state index in [2.05, 4.69) is 9.73 Å². The summed E-state index contributed by atoms with van der Waals surface area (Å²) < 4.78 is 58.1. The predicted molar refractivity (Wildman–Crippen MR) is 108 cm³/mol. The van der Waals surface area contributed by atoms with Crippen LogP contribution in [0.1, 0.15) is 36.3 Å². The minimum atomic E-state index is -4.87. The second-order valence-corrected chi connectivity index (χ2v) is 7.98. The summed E-state index contributed by atoms with van der Waals surface area (Å²) in [5.74, 6) is -4.57. The number of hydrazine groups is 1. The van der Waals surface area contributed by atoms with Gasteiger partial charge < -0.3 is 14.8 Å². The van der Waals surface area contributed by atoms with E-state index in [0.717, 1.165) is 18.9 Å². The van der Waals surface area contributed by atoms with Crippen molar-refractivity contribution in [2.24, 2.45) is 0 Å². The van der Waals surface area contributed by atoms with Crippen LogP contribution in [-0.2, 0) is 22.3 Å². The fourth-order valence-corrected chi connectivity index (χ4v) is 4.19. The average molecular weight is 467 g/mol. The number of hydrogen-bond donors (Lipinski definition) is 2. The molecule has 1 saturated heterocycles. The topological polar surface area (TPSA) is 86.0 Å². The molecular formula is C22H21F4N3O4. The smallest absolute Gasteiger partial charge is 0.451 e. The van der Waals surface area contributed by atoms with Gasteiger partial charge in [0.2, 0.25) is 5.76 Å². The molecule has 0 radical (unpaired) electrons. The van der Waals surface area contributed by atoms with Crippen LogP contribution in [0.3, 0.4) is 0 Å². The van der Waals surface area contributed by atoms with Gasteiger partial charge in [0.1, 0.15) is 22.9 Å². The molecule has 176 valence electrons. The number of aryl methyl sites for hydroxylation is 1. The lowest BCUT2D eigenvalue weighted by atomic mass is 9.95. The zero-order valence-electron chi connectivity index (χ0n) is 17.6. The van der Waals surface area contributed by atoms with E-state index < -0.39 is 52.6 Å². The molecule has 11 heteroatoms. The lowest BCUT2D eigenvalue weighted by molar-refractivity contribution is -0.159. The Labute approximate surface area is 186 Å². The van der Waals surface area contributed by atoms with Gasteiger partial charge in [0.05, 0.1) is 18.3 Å². The van der Waals surface area contributed by atoms with E-state index in [1.165, 1.54) is 30.1 Å². The molecule has 0 spiro atoms. The number of nitrogens with one attached hydrogen (secondary N) is 1. The van der Waals surface area contributed by atoms with Crippen molar-refractivity contribution in [3.63, 3.8) is 0 Å². The van der Waals surface area contributed by atoms with Crippen LogP contribution in [0.15, 0.2) is 46.1 Å². The summed E-state index contributed by atoms with van der Waals surface area (Å²) in [5, 5.41) is 15.7. The van der Waals surface area contributed by atoms with Gasteiger partial charge in [0, 0.05) is 12.6 Å². The number of nitrogens with zero attached hydrogens (tertiary/aromatic N) is 2. The molecule has 4 rings (SSSR count). The molecule has 3 heterocycles. The first-order chi connectivity index (χ1) is 15.6. The number of anilines is 1. The van der Waals surface area contributed by atoms with Crippen molar-refractivity contribution < 1.29 is 36.7 Å². The van der Waals surface area contributed by atoms with Crippen molar-refractivity contribution >= 4 is 17.5 Å². The first-order valence-corrected chi connectivity index (χ1v) is 10.3. The van der Waals surface area contributed by atoms with Crippen LogP contribution >= 0.6 is 0 Å². The highest BCUT2D eigenvalue weighted by molar-refractivity contribution is 6.23. The average Bonchev–Trinajstić information content (AvgIpc) is 3.12. The van der Waals surface area contributed by atoms with Gasteiger partial charge >= 0.3 is 6.18 Å². The molecule has 0 saturated carbocycles. The molecular weight excluding hydrogens is 446 g/mol. The fraction of sp³-hybridized carbons (Fsp3) is 0.364. The van der Waals surface area contributed by atoms with Crippen molar-refractivity contribution in [3.8, 4) is 0 Å². The number of halogens is 4. The number of furan rings is 1.